The van der Waals surface area contributed by atoms with Gasteiger partial charge < -0.3 is 16.0 Å². The van der Waals surface area contributed by atoms with Crippen LogP contribution >= 0.6 is 24.0 Å². The summed E-state index contributed by atoms with van der Waals surface area (Å²) in [7, 11) is 0. The Morgan fingerprint density at radius 3 is 2.25 bits per heavy atom. The van der Waals surface area contributed by atoms with Crippen molar-refractivity contribution in [2.75, 3.05) is 19.6 Å². The lowest BCUT2D eigenvalue weighted by atomic mass is 10.1. The number of halogens is 1. The lowest BCUT2D eigenvalue weighted by Crippen LogP contribution is -2.43. The first-order chi connectivity index (χ1) is 8.74. The number of guanidine groups is 1. The molecule has 0 atom stereocenters. The van der Waals surface area contributed by atoms with Crippen molar-refractivity contribution in [1.29, 1.82) is 0 Å². The molecule has 0 aliphatic rings. The van der Waals surface area contributed by atoms with Crippen LogP contribution in [0.4, 0.5) is 0 Å². The molecule has 0 fully saturated rings. The predicted molar refractivity (Wildman–Crippen MR) is 96.7 cm³/mol. The fraction of sp³-hybridized carbons (Fsp3) is 0.857. The van der Waals surface area contributed by atoms with Crippen molar-refractivity contribution in [3.05, 3.63) is 0 Å². The number of nitrogens with zero attached hydrogens (tertiary/aromatic N) is 1. The maximum atomic E-state index is 11.7. The van der Waals surface area contributed by atoms with Crippen LogP contribution in [0.3, 0.4) is 0 Å². The SMILES string of the molecule is CCNC(=NCC(=O)NC(C)(C)C)NCCC(C)C.I. The van der Waals surface area contributed by atoms with Gasteiger partial charge in [-0.3, -0.25) is 4.79 Å². The van der Waals surface area contributed by atoms with Crippen molar-refractivity contribution in [1.82, 2.24) is 16.0 Å². The minimum Gasteiger partial charge on any atom is -0.357 e. The molecule has 1 amide bonds. The van der Waals surface area contributed by atoms with E-state index in [2.05, 4.69) is 34.8 Å². The Hall–Kier alpha value is -0.530. The van der Waals surface area contributed by atoms with Gasteiger partial charge in [0.1, 0.15) is 6.54 Å². The molecule has 0 aromatic rings. The number of carbonyl (C=O) groups is 1. The topological polar surface area (TPSA) is 65.5 Å². The zero-order chi connectivity index (χ0) is 14.9. The van der Waals surface area contributed by atoms with Crippen molar-refractivity contribution in [2.24, 2.45) is 10.9 Å². The Balaban J connectivity index is 0. The van der Waals surface area contributed by atoms with E-state index in [1.807, 2.05) is 27.7 Å². The summed E-state index contributed by atoms with van der Waals surface area (Å²) in [6, 6.07) is 0. The number of rotatable bonds is 6. The van der Waals surface area contributed by atoms with Gasteiger partial charge in [0.05, 0.1) is 0 Å². The highest BCUT2D eigenvalue weighted by atomic mass is 127. The second kappa shape index (κ2) is 11.2. The van der Waals surface area contributed by atoms with E-state index in [9.17, 15) is 4.79 Å². The quantitative estimate of drug-likeness (QED) is 0.365. The third-order valence-corrected chi connectivity index (χ3v) is 2.25. The van der Waals surface area contributed by atoms with Gasteiger partial charge >= 0.3 is 0 Å². The summed E-state index contributed by atoms with van der Waals surface area (Å²) in [5, 5.41) is 9.25. The molecule has 0 rings (SSSR count). The number of carbonyl (C=O) groups excluding carboxylic acids is 1. The molecule has 0 spiro atoms. The third-order valence-electron chi connectivity index (χ3n) is 2.25. The van der Waals surface area contributed by atoms with Crippen molar-refractivity contribution in [3.63, 3.8) is 0 Å². The molecule has 3 N–H and O–H groups in total. The van der Waals surface area contributed by atoms with E-state index in [4.69, 9.17) is 0 Å². The van der Waals surface area contributed by atoms with Crippen LogP contribution < -0.4 is 16.0 Å². The molecule has 0 saturated carbocycles. The third kappa shape index (κ3) is 13.9. The molecular weight excluding hydrogens is 367 g/mol. The minimum atomic E-state index is -0.212. The number of hydrogen-bond acceptors (Lipinski definition) is 2. The second-order valence-electron chi connectivity index (χ2n) is 6.10. The van der Waals surface area contributed by atoms with Crippen LogP contribution in [0.5, 0.6) is 0 Å². The van der Waals surface area contributed by atoms with Crippen LogP contribution in [0, 0.1) is 5.92 Å². The van der Waals surface area contributed by atoms with Crippen molar-refractivity contribution in [2.45, 2.75) is 53.5 Å². The first-order valence-electron chi connectivity index (χ1n) is 7.07. The summed E-state index contributed by atoms with van der Waals surface area (Å²) < 4.78 is 0. The van der Waals surface area contributed by atoms with Gasteiger partial charge in [-0.25, -0.2) is 4.99 Å². The Labute approximate surface area is 140 Å². The van der Waals surface area contributed by atoms with Gasteiger partial charge in [0, 0.05) is 18.6 Å². The maximum absolute atomic E-state index is 11.7. The second-order valence-corrected chi connectivity index (χ2v) is 6.10. The Morgan fingerprint density at radius 1 is 1.20 bits per heavy atom. The Kier molecular flexibility index (Phi) is 12.1. The van der Waals surface area contributed by atoms with Gasteiger partial charge in [-0.2, -0.15) is 0 Å². The largest absolute Gasteiger partial charge is 0.357 e. The zero-order valence-electron chi connectivity index (χ0n) is 13.7. The van der Waals surface area contributed by atoms with Crippen LogP contribution in [0.15, 0.2) is 4.99 Å². The molecule has 0 bridgehead atoms. The van der Waals surface area contributed by atoms with Crippen LogP contribution in [0.2, 0.25) is 0 Å². The lowest BCUT2D eigenvalue weighted by molar-refractivity contribution is -0.121. The van der Waals surface area contributed by atoms with Crippen molar-refractivity contribution in [3.8, 4) is 0 Å². The van der Waals surface area contributed by atoms with E-state index in [1.165, 1.54) is 0 Å². The average molecular weight is 398 g/mol. The highest BCUT2D eigenvalue weighted by Crippen LogP contribution is 1.98. The van der Waals surface area contributed by atoms with Gasteiger partial charge in [-0.1, -0.05) is 13.8 Å². The van der Waals surface area contributed by atoms with Crippen LogP contribution in [-0.4, -0.2) is 37.0 Å². The number of amides is 1. The molecule has 0 aromatic carbocycles. The minimum absolute atomic E-state index is 0. The first-order valence-corrected chi connectivity index (χ1v) is 7.07. The van der Waals surface area contributed by atoms with E-state index in [1.54, 1.807) is 0 Å². The van der Waals surface area contributed by atoms with Gasteiger partial charge in [-0.05, 0) is 40.0 Å². The average Bonchev–Trinajstić information content (AvgIpc) is 2.23. The van der Waals surface area contributed by atoms with E-state index >= 15 is 0 Å². The summed E-state index contributed by atoms with van der Waals surface area (Å²) in [5.74, 6) is 1.29. The van der Waals surface area contributed by atoms with Gasteiger partial charge in [-0.15, -0.1) is 24.0 Å². The molecule has 0 aromatic heterocycles. The summed E-state index contributed by atoms with van der Waals surface area (Å²) in [5.41, 5.74) is -0.212. The lowest BCUT2D eigenvalue weighted by Gasteiger charge is -2.20. The molecule has 0 aliphatic carbocycles. The predicted octanol–water partition coefficient (Wildman–Crippen LogP) is 2.12. The van der Waals surface area contributed by atoms with Crippen molar-refractivity contribution >= 4 is 35.8 Å². The van der Waals surface area contributed by atoms with Crippen molar-refractivity contribution < 1.29 is 4.79 Å². The first kappa shape index (κ1) is 21.8. The highest BCUT2D eigenvalue weighted by molar-refractivity contribution is 14.0. The van der Waals surface area contributed by atoms with Crippen LogP contribution in [-0.2, 0) is 4.79 Å². The fourth-order valence-electron chi connectivity index (χ4n) is 1.43. The number of hydrogen-bond donors (Lipinski definition) is 3. The number of aliphatic imine (C=N–C) groups is 1. The smallest absolute Gasteiger partial charge is 0.242 e. The summed E-state index contributed by atoms with van der Waals surface area (Å²) in [6.07, 6.45) is 1.08. The van der Waals surface area contributed by atoms with E-state index in [-0.39, 0.29) is 42.0 Å². The van der Waals surface area contributed by atoms with Gasteiger partial charge in [0.25, 0.3) is 0 Å². The molecular formula is C14H31IN4O. The molecule has 0 radical (unpaired) electrons. The Bertz CT molecular complexity index is 298. The van der Waals surface area contributed by atoms with E-state index in [0.717, 1.165) is 19.5 Å². The van der Waals surface area contributed by atoms with Gasteiger partial charge in [0.2, 0.25) is 5.91 Å². The molecule has 120 valence electrons. The maximum Gasteiger partial charge on any atom is 0.242 e. The summed E-state index contributed by atoms with van der Waals surface area (Å²) in [6.45, 7) is 14.1. The number of nitrogens with one attached hydrogen (secondary N) is 3. The highest BCUT2D eigenvalue weighted by Gasteiger charge is 2.13. The molecule has 0 heterocycles. The molecule has 0 aliphatic heterocycles. The monoisotopic (exact) mass is 398 g/mol. The van der Waals surface area contributed by atoms with E-state index < -0.39 is 0 Å². The standard InChI is InChI=1S/C14H30N4O.HI/c1-7-15-13(16-9-8-11(2)3)17-10-12(19)18-14(4,5)6;/h11H,7-10H2,1-6H3,(H,18,19)(H2,15,16,17);1H. The van der Waals surface area contributed by atoms with Crippen LogP contribution in [0.1, 0.15) is 48.0 Å². The molecule has 6 heteroatoms. The molecule has 5 nitrogen and oxygen atoms in total. The summed E-state index contributed by atoms with van der Waals surface area (Å²) in [4.78, 5) is 16.0. The van der Waals surface area contributed by atoms with E-state index in [0.29, 0.717) is 11.9 Å². The molecule has 20 heavy (non-hydrogen) atoms. The van der Waals surface area contributed by atoms with Crippen LogP contribution in [0.25, 0.3) is 0 Å². The molecule has 0 saturated heterocycles. The molecule has 0 unspecified atom stereocenters. The Morgan fingerprint density at radius 2 is 1.80 bits per heavy atom. The zero-order valence-corrected chi connectivity index (χ0v) is 16.0. The normalized spacial score (nSPS) is 11.8. The fourth-order valence-corrected chi connectivity index (χ4v) is 1.43. The summed E-state index contributed by atoms with van der Waals surface area (Å²) >= 11 is 0. The van der Waals surface area contributed by atoms with Gasteiger partial charge in [0.15, 0.2) is 5.96 Å².